The van der Waals surface area contributed by atoms with E-state index in [0.29, 0.717) is 35.2 Å². The summed E-state index contributed by atoms with van der Waals surface area (Å²) < 4.78 is 25.1. The summed E-state index contributed by atoms with van der Waals surface area (Å²) in [4.78, 5) is 24.3. The molecule has 186 valence electrons. The molecular weight excluding hydrogens is 491 g/mol. The molecule has 0 radical (unpaired) electrons. The first-order valence-corrected chi connectivity index (χ1v) is 11.8. The van der Waals surface area contributed by atoms with Crippen LogP contribution >= 0.6 is 11.6 Å². The van der Waals surface area contributed by atoms with E-state index in [2.05, 4.69) is 35.8 Å². The van der Waals surface area contributed by atoms with E-state index < -0.39 is 11.8 Å². The number of ether oxygens (including phenoxy) is 1. The van der Waals surface area contributed by atoms with E-state index in [0.717, 1.165) is 17.7 Å². The lowest BCUT2D eigenvalue weighted by Gasteiger charge is -2.30. The lowest BCUT2D eigenvalue weighted by molar-refractivity contribution is 0.245. The molecule has 0 fully saturated rings. The molecule has 1 aliphatic carbocycles. The van der Waals surface area contributed by atoms with Gasteiger partial charge in [-0.15, -0.1) is 0 Å². The van der Waals surface area contributed by atoms with Crippen molar-refractivity contribution in [2.75, 3.05) is 5.32 Å². The van der Waals surface area contributed by atoms with Crippen LogP contribution < -0.4 is 20.9 Å². The minimum absolute atomic E-state index is 0.00602. The molecule has 2 amide bonds. The fraction of sp³-hybridized carbons (Fsp3) is 0.292. The monoisotopic (exact) mass is 512 g/mol. The highest BCUT2D eigenvalue weighted by molar-refractivity contribution is 6.31. The summed E-state index contributed by atoms with van der Waals surface area (Å²) >= 11 is 6.33. The summed E-state index contributed by atoms with van der Waals surface area (Å²) in [7, 11) is 0. The Hall–Kier alpha value is -3.99. The number of carbonyl (C=O) groups excluding carboxylic acids is 1. The molecule has 12 heteroatoms. The summed E-state index contributed by atoms with van der Waals surface area (Å²) in [6.45, 7) is 2.03. The lowest BCUT2D eigenvalue weighted by Crippen LogP contribution is -2.43. The van der Waals surface area contributed by atoms with Crippen molar-refractivity contribution < 1.29 is 18.6 Å². The van der Waals surface area contributed by atoms with Gasteiger partial charge < -0.3 is 15.4 Å². The maximum absolute atomic E-state index is 14.8. The van der Waals surface area contributed by atoms with Gasteiger partial charge in [0.2, 0.25) is 0 Å². The van der Waals surface area contributed by atoms with Crippen LogP contribution in [0.1, 0.15) is 42.5 Å². The number of fused-ring (bicyclic) bond motifs is 2. The van der Waals surface area contributed by atoms with E-state index in [-0.39, 0.29) is 34.8 Å². The maximum Gasteiger partial charge on any atom is 0.319 e. The van der Waals surface area contributed by atoms with Gasteiger partial charge in [-0.25, -0.2) is 18.9 Å². The number of aromatic nitrogens is 4. The van der Waals surface area contributed by atoms with Crippen LogP contribution in [0.3, 0.4) is 0 Å². The van der Waals surface area contributed by atoms with Crippen LogP contribution in [0.25, 0.3) is 11.0 Å². The van der Waals surface area contributed by atoms with Gasteiger partial charge >= 0.3 is 6.03 Å². The number of hydrogen-bond acceptors (Lipinski definition) is 7. The van der Waals surface area contributed by atoms with Gasteiger partial charge in [-0.05, 0) is 59.4 Å². The molecule has 10 nitrogen and oxygen atoms in total. The molecule has 2 aromatic heterocycles. The Balaban J connectivity index is 1.22. The predicted octanol–water partition coefficient (Wildman–Crippen LogP) is 4.31. The second-order valence-electron chi connectivity index (χ2n) is 8.61. The topological polar surface area (TPSA) is 135 Å². The van der Waals surface area contributed by atoms with Crippen LogP contribution in [0, 0.1) is 5.82 Å². The number of H-pyrrole nitrogens is 1. The molecule has 5 rings (SSSR count). The number of anilines is 1. The minimum Gasteiger partial charge on any atom is -0.489 e. The van der Waals surface area contributed by atoms with Gasteiger partial charge in [0.15, 0.2) is 0 Å². The van der Waals surface area contributed by atoms with Crippen LogP contribution in [0.2, 0.25) is 5.02 Å². The van der Waals surface area contributed by atoms with Crippen LogP contribution in [-0.4, -0.2) is 32.6 Å². The van der Waals surface area contributed by atoms with Gasteiger partial charge in [0.05, 0.1) is 11.4 Å². The van der Waals surface area contributed by atoms with E-state index >= 15 is 0 Å². The molecule has 4 aromatic rings. The van der Waals surface area contributed by atoms with E-state index in [4.69, 9.17) is 16.3 Å². The normalized spacial score (nSPS) is 17.0. The van der Waals surface area contributed by atoms with Crippen molar-refractivity contribution in [3.8, 4) is 5.75 Å². The van der Waals surface area contributed by atoms with Gasteiger partial charge in [-0.3, -0.25) is 4.79 Å². The largest absolute Gasteiger partial charge is 0.489 e. The Labute approximate surface area is 209 Å². The van der Waals surface area contributed by atoms with E-state index in [1.807, 2.05) is 6.92 Å². The zero-order valence-electron chi connectivity index (χ0n) is 19.2. The van der Waals surface area contributed by atoms with Crippen LogP contribution in [0.4, 0.5) is 14.9 Å². The lowest BCUT2D eigenvalue weighted by atomic mass is 9.82. The number of nitrogens with one attached hydrogen (secondary N) is 3. The number of nitrogens with zero attached hydrogens (tertiary/aromatic N) is 3. The molecule has 2 heterocycles. The average molecular weight is 513 g/mol. The molecule has 2 aromatic carbocycles. The molecule has 3 N–H and O–H groups in total. The molecule has 36 heavy (non-hydrogen) atoms. The zero-order chi connectivity index (χ0) is 25.2. The Bertz CT molecular complexity index is 1490. The fourth-order valence-electron chi connectivity index (χ4n) is 4.39. The van der Waals surface area contributed by atoms with Crippen molar-refractivity contribution in [1.29, 1.82) is 0 Å². The van der Waals surface area contributed by atoms with Crippen molar-refractivity contribution in [2.24, 2.45) is 0 Å². The number of halogens is 2. The number of hydrogen-bond donors (Lipinski definition) is 3. The van der Waals surface area contributed by atoms with Gasteiger partial charge in [-0.1, -0.05) is 18.5 Å². The average Bonchev–Trinajstić information content (AvgIpc) is 3.32. The quantitative estimate of drug-likeness (QED) is 0.350. The van der Waals surface area contributed by atoms with Crippen molar-refractivity contribution >= 4 is 34.4 Å². The summed E-state index contributed by atoms with van der Waals surface area (Å²) in [5.41, 5.74) is 2.84. The molecular formula is C24H22ClFN6O4. The summed E-state index contributed by atoms with van der Waals surface area (Å²) in [6.07, 6.45) is 1.93. The van der Waals surface area contributed by atoms with Crippen molar-refractivity contribution in [3.05, 3.63) is 74.4 Å². The highest BCUT2D eigenvalue weighted by Gasteiger charge is 2.29. The van der Waals surface area contributed by atoms with Gasteiger partial charge in [0.25, 0.3) is 5.56 Å². The van der Waals surface area contributed by atoms with E-state index in [9.17, 15) is 14.0 Å². The molecule has 0 aliphatic heterocycles. The van der Waals surface area contributed by atoms with Crippen LogP contribution in [0.5, 0.6) is 5.75 Å². The van der Waals surface area contributed by atoms with Crippen molar-refractivity contribution in [3.63, 3.8) is 0 Å². The Morgan fingerprint density at radius 3 is 2.92 bits per heavy atom. The number of urea groups is 1. The third-order valence-electron chi connectivity index (χ3n) is 6.17. The summed E-state index contributed by atoms with van der Waals surface area (Å²) in [5, 5.41) is 19.8. The summed E-state index contributed by atoms with van der Waals surface area (Å²) in [6, 6.07) is 8.31. The second kappa shape index (κ2) is 9.94. The molecule has 0 saturated heterocycles. The number of carbonyl (C=O) groups is 1. The standard InChI is InChI=1S/C24H22ClFN6O4/c1-2-12-5-15(6-13-8-22(33)29-30-23(12)13)27-24(34)28-20-10-17(25)14(7-18(20)26)11-35-16-3-4-19-21(9-16)32-36-31-19/h3-4,7-10,12,15H,2,5-6,11H2,1H3,(H,29,33)(H2,27,28,34). The van der Waals surface area contributed by atoms with Gasteiger partial charge in [0.1, 0.15) is 29.2 Å². The summed E-state index contributed by atoms with van der Waals surface area (Å²) in [5.74, 6) is -0.0593. The Morgan fingerprint density at radius 1 is 1.25 bits per heavy atom. The zero-order valence-corrected chi connectivity index (χ0v) is 19.9. The first-order chi connectivity index (χ1) is 17.4. The van der Waals surface area contributed by atoms with Crippen molar-refractivity contribution in [2.45, 2.75) is 44.8 Å². The Morgan fingerprint density at radius 2 is 2.08 bits per heavy atom. The Kier molecular flexibility index (Phi) is 6.55. The first-order valence-electron chi connectivity index (χ1n) is 11.4. The maximum atomic E-state index is 14.8. The van der Waals surface area contributed by atoms with E-state index in [1.165, 1.54) is 18.2 Å². The highest BCUT2D eigenvalue weighted by Crippen LogP contribution is 2.32. The first kappa shape index (κ1) is 23.7. The third-order valence-corrected chi connectivity index (χ3v) is 6.53. The molecule has 2 atom stereocenters. The molecule has 1 aliphatic rings. The number of rotatable bonds is 6. The number of benzene rings is 2. The van der Waals surface area contributed by atoms with Crippen LogP contribution in [-0.2, 0) is 13.0 Å². The minimum atomic E-state index is -0.652. The highest BCUT2D eigenvalue weighted by atomic mass is 35.5. The van der Waals surface area contributed by atoms with Crippen molar-refractivity contribution in [1.82, 2.24) is 25.8 Å². The number of aromatic amines is 1. The molecule has 0 saturated carbocycles. The van der Waals surface area contributed by atoms with Gasteiger partial charge in [0, 0.05) is 34.7 Å². The SMILES string of the molecule is CCC1CC(NC(=O)Nc2cc(Cl)c(COc3ccc4nonc4c3)cc2F)Cc2cc(=O)[nH]nc21. The second-order valence-corrected chi connectivity index (χ2v) is 9.02. The van der Waals surface area contributed by atoms with Gasteiger partial charge in [-0.2, -0.15) is 5.10 Å². The molecule has 0 spiro atoms. The fourth-order valence-corrected chi connectivity index (χ4v) is 4.61. The number of amides is 2. The third kappa shape index (κ3) is 5.01. The predicted molar refractivity (Wildman–Crippen MR) is 130 cm³/mol. The smallest absolute Gasteiger partial charge is 0.319 e. The van der Waals surface area contributed by atoms with Crippen LogP contribution in [0.15, 0.2) is 45.8 Å². The molecule has 0 bridgehead atoms. The molecule has 2 unspecified atom stereocenters. The van der Waals surface area contributed by atoms with E-state index in [1.54, 1.807) is 18.2 Å².